The minimum absolute atomic E-state index is 0. The molecule has 2 saturated heterocycles. The zero-order chi connectivity index (χ0) is 13.6. The van der Waals surface area contributed by atoms with Gasteiger partial charge in [-0.1, -0.05) is 0 Å². The van der Waals surface area contributed by atoms with Crippen LogP contribution < -0.4 is 5.32 Å². The van der Waals surface area contributed by atoms with Gasteiger partial charge in [0.05, 0.1) is 11.0 Å². The van der Waals surface area contributed by atoms with Crippen molar-refractivity contribution in [2.24, 2.45) is 5.41 Å². The molecule has 2 fully saturated rings. The van der Waals surface area contributed by atoms with E-state index in [1.807, 2.05) is 11.8 Å². The molecule has 0 saturated carbocycles. The number of hydrogen-bond donors (Lipinski definition) is 2. The molecule has 0 aromatic heterocycles. The van der Waals surface area contributed by atoms with Gasteiger partial charge >= 0.3 is 12.0 Å². The van der Waals surface area contributed by atoms with Crippen LogP contribution in [-0.4, -0.2) is 65.2 Å². The summed E-state index contributed by atoms with van der Waals surface area (Å²) in [5.74, 6) is -0.872. The molecule has 0 spiro atoms. The van der Waals surface area contributed by atoms with Crippen LogP contribution in [-0.2, 0) is 4.79 Å². The van der Waals surface area contributed by atoms with Crippen molar-refractivity contribution in [3.63, 3.8) is 0 Å². The molecular formula is C12H22ClN3O3. The highest BCUT2D eigenvalue weighted by molar-refractivity contribution is 5.85. The number of urea groups is 1. The molecule has 0 bridgehead atoms. The Morgan fingerprint density at radius 1 is 1.53 bits per heavy atom. The second-order valence-corrected chi connectivity index (χ2v) is 6.15. The fourth-order valence-electron chi connectivity index (χ4n) is 2.70. The van der Waals surface area contributed by atoms with Crippen molar-refractivity contribution >= 4 is 24.4 Å². The van der Waals surface area contributed by atoms with Crippen molar-refractivity contribution in [2.45, 2.75) is 26.3 Å². The van der Waals surface area contributed by atoms with Crippen molar-refractivity contribution in [3.8, 4) is 0 Å². The minimum Gasteiger partial charge on any atom is -0.481 e. The number of piperazine rings is 1. The number of nitrogens with zero attached hydrogens (tertiary/aromatic N) is 2. The van der Waals surface area contributed by atoms with E-state index < -0.39 is 11.4 Å². The maximum atomic E-state index is 12.3. The van der Waals surface area contributed by atoms with Crippen molar-refractivity contribution in [2.75, 3.05) is 32.7 Å². The molecule has 6 nitrogen and oxygen atoms in total. The molecule has 2 aliphatic rings. The Morgan fingerprint density at radius 3 is 2.68 bits per heavy atom. The van der Waals surface area contributed by atoms with Crippen LogP contribution in [0.25, 0.3) is 0 Å². The molecule has 0 aromatic rings. The number of carbonyl (C=O) groups excluding carboxylic acids is 1. The molecular weight excluding hydrogens is 270 g/mol. The first-order chi connectivity index (χ1) is 8.26. The van der Waals surface area contributed by atoms with Gasteiger partial charge in [-0.15, -0.1) is 12.4 Å². The van der Waals surface area contributed by atoms with Gasteiger partial charge in [0.25, 0.3) is 0 Å². The van der Waals surface area contributed by atoms with E-state index in [1.165, 1.54) is 0 Å². The number of carboxylic acid groups (broad SMARTS) is 1. The molecule has 2 amide bonds. The Labute approximate surface area is 119 Å². The summed E-state index contributed by atoms with van der Waals surface area (Å²) >= 11 is 0. The molecule has 0 radical (unpaired) electrons. The van der Waals surface area contributed by atoms with Crippen LogP contribution in [0.2, 0.25) is 0 Å². The predicted octanol–water partition coefficient (Wildman–Crippen LogP) is 0.619. The second kappa shape index (κ2) is 5.17. The zero-order valence-corrected chi connectivity index (χ0v) is 12.4. The number of rotatable bonds is 3. The monoisotopic (exact) mass is 291 g/mol. The van der Waals surface area contributed by atoms with Crippen molar-refractivity contribution in [3.05, 3.63) is 0 Å². The van der Waals surface area contributed by atoms with Crippen LogP contribution in [0.15, 0.2) is 0 Å². The number of aliphatic carboxylic acids is 1. The Kier molecular flexibility index (Phi) is 4.37. The number of hydrogen-bond acceptors (Lipinski definition) is 3. The highest BCUT2D eigenvalue weighted by Crippen LogP contribution is 2.30. The minimum atomic E-state index is -0.909. The number of nitrogens with one attached hydrogen (secondary N) is 1. The average Bonchev–Trinajstić information content (AvgIpc) is 2.50. The van der Waals surface area contributed by atoms with Crippen LogP contribution in [0.5, 0.6) is 0 Å². The van der Waals surface area contributed by atoms with Gasteiger partial charge in [-0.25, -0.2) is 4.79 Å². The van der Waals surface area contributed by atoms with E-state index in [1.54, 1.807) is 18.7 Å². The SMILES string of the molecule is CC(C)(CN1CC2(C)CNCCN2C1=O)C(=O)O.Cl. The second-order valence-electron chi connectivity index (χ2n) is 6.15. The molecule has 0 aromatic carbocycles. The number of amides is 2. The molecule has 110 valence electrons. The molecule has 2 heterocycles. The molecule has 1 atom stereocenters. The third-order valence-corrected chi connectivity index (χ3v) is 3.87. The van der Waals surface area contributed by atoms with Crippen molar-refractivity contribution in [1.29, 1.82) is 0 Å². The normalized spacial score (nSPS) is 27.0. The van der Waals surface area contributed by atoms with E-state index in [-0.39, 0.29) is 30.5 Å². The van der Waals surface area contributed by atoms with E-state index in [2.05, 4.69) is 5.32 Å². The van der Waals surface area contributed by atoms with Crippen molar-refractivity contribution in [1.82, 2.24) is 15.1 Å². The fourth-order valence-corrected chi connectivity index (χ4v) is 2.70. The van der Waals surface area contributed by atoms with E-state index >= 15 is 0 Å². The zero-order valence-electron chi connectivity index (χ0n) is 11.6. The molecule has 2 aliphatic heterocycles. The van der Waals surface area contributed by atoms with E-state index in [9.17, 15) is 9.59 Å². The Hall–Kier alpha value is -1.01. The van der Waals surface area contributed by atoms with Gasteiger partial charge in [0.15, 0.2) is 0 Å². The van der Waals surface area contributed by atoms with Gasteiger partial charge in [-0.05, 0) is 20.8 Å². The van der Waals surface area contributed by atoms with Gasteiger partial charge in [-0.3, -0.25) is 4.79 Å². The van der Waals surface area contributed by atoms with E-state index in [0.717, 1.165) is 13.1 Å². The van der Waals surface area contributed by atoms with Gasteiger partial charge in [0.2, 0.25) is 0 Å². The van der Waals surface area contributed by atoms with Gasteiger partial charge < -0.3 is 20.2 Å². The first-order valence-electron chi connectivity index (χ1n) is 6.27. The topological polar surface area (TPSA) is 72.9 Å². The lowest BCUT2D eigenvalue weighted by atomic mass is 9.92. The molecule has 19 heavy (non-hydrogen) atoms. The first kappa shape index (κ1) is 16.0. The maximum absolute atomic E-state index is 12.3. The maximum Gasteiger partial charge on any atom is 0.320 e. The quantitative estimate of drug-likeness (QED) is 0.799. The van der Waals surface area contributed by atoms with Crippen LogP contribution in [0, 0.1) is 5.41 Å². The lowest BCUT2D eigenvalue weighted by Crippen LogP contribution is -2.58. The molecule has 0 aliphatic carbocycles. The summed E-state index contributed by atoms with van der Waals surface area (Å²) in [6.07, 6.45) is 0. The largest absolute Gasteiger partial charge is 0.481 e. The Bertz CT molecular complexity index is 388. The van der Waals surface area contributed by atoms with Crippen LogP contribution in [0.3, 0.4) is 0 Å². The first-order valence-corrected chi connectivity index (χ1v) is 6.27. The number of fused-ring (bicyclic) bond motifs is 1. The average molecular weight is 292 g/mol. The molecule has 1 unspecified atom stereocenters. The lowest BCUT2D eigenvalue weighted by Gasteiger charge is -2.38. The smallest absolute Gasteiger partial charge is 0.320 e. The van der Waals surface area contributed by atoms with E-state index in [0.29, 0.717) is 13.1 Å². The van der Waals surface area contributed by atoms with Gasteiger partial charge in [0.1, 0.15) is 0 Å². The third kappa shape index (κ3) is 2.79. The summed E-state index contributed by atoms with van der Waals surface area (Å²) in [4.78, 5) is 27.0. The van der Waals surface area contributed by atoms with Crippen LogP contribution in [0.4, 0.5) is 4.79 Å². The summed E-state index contributed by atoms with van der Waals surface area (Å²) in [5, 5.41) is 12.4. The van der Waals surface area contributed by atoms with Crippen molar-refractivity contribution < 1.29 is 14.7 Å². The summed E-state index contributed by atoms with van der Waals surface area (Å²) in [7, 11) is 0. The summed E-state index contributed by atoms with van der Waals surface area (Å²) in [6.45, 7) is 8.47. The molecule has 2 rings (SSSR count). The molecule has 2 N–H and O–H groups in total. The van der Waals surface area contributed by atoms with Crippen LogP contribution in [0.1, 0.15) is 20.8 Å². The highest BCUT2D eigenvalue weighted by Gasteiger charge is 2.49. The van der Waals surface area contributed by atoms with Gasteiger partial charge in [0, 0.05) is 32.7 Å². The summed E-state index contributed by atoms with van der Waals surface area (Å²) in [6, 6.07) is -0.0340. The van der Waals surface area contributed by atoms with Crippen LogP contribution >= 0.6 is 12.4 Å². The standard InChI is InChI=1S/C12H21N3O3.ClH/c1-11(2,9(16)17)7-14-8-12(3)6-13-4-5-15(12)10(14)18;/h13H,4-8H2,1-3H3,(H,16,17);1H. The summed E-state index contributed by atoms with van der Waals surface area (Å²) < 4.78 is 0. The summed E-state index contributed by atoms with van der Waals surface area (Å²) in [5.41, 5.74) is -1.11. The number of carbonyl (C=O) groups is 2. The predicted molar refractivity (Wildman–Crippen MR) is 73.6 cm³/mol. The third-order valence-electron chi connectivity index (χ3n) is 3.87. The highest BCUT2D eigenvalue weighted by atomic mass is 35.5. The Morgan fingerprint density at radius 2 is 2.16 bits per heavy atom. The van der Waals surface area contributed by atoms with E-state index in [4.69, 9.17) is 5.11 Å². The number of carboxylic acids is 1. The van der Waals surface area contributed by atoms with Gasteiger partial charge in [-0.2, -0.15) is 0 Å². The molecule has 7 heteroatoms. The lowest BCUT2D eigenvalue weighted by molar-refractivity contribution is -0.147. The fraction of sp³-hybridized carbons (Fsp3) is 0.833. The number of halogens is 1. The Balaban J connectivity index is 0.00000180.